The van der Waals surface area contributed by atoms with Crippen LogP contribution in [0.25, 0.3) is 0 Å². The maximum atomic E-state index is 13.2. The first-order valence-electron chi connectivity index (χ1n) is 9.66. The minimum atomic E-state index is -0.893. The number of nitrogen functional groups attached to an aromatic ring is 1. The number of ether oxygens (including phenoxy) is 1. The van der Waals surface area contributed by atoms with Gasteiger partial charge in [0, 0.05) is 18.1 Å². The Kier molecular flexibility index (Phi) is 7.90. The van der Waals surface area contributed by atoms with Gasteiger partial charge in [0.15, 0.2) is 11.8 Å². The Morgan fingerprint density at radius 3 is 2.66 bits per heavy atom. The summed E-state index contributed by atoms with van der Waals surface area (Å²) in [5, 5.41) is 0.484. The zero-order chi connectivity index (χ0) is 21.6. The van der Waals surface area contributed by atoms with Gasteiger partial charge in [0.1, 0.15) is 11.6 Å². The van der Waals surface area contributed by atoms with E-state index < -0.39 is 23.3 Å². The third kappa shape index (κ3) is 5.41. The van der Waals surface area contributed by atoms with Crippen LogP contribution in [0.3, 0.4) is 0 Å². The van der Waals surface area contributed by atoms with E-state index in [1.54, 1.807) is 31.2 Å². The number of amides is 1. The minimum absolute atomic E-state index is 0.0278. The number of carbonyl (C=O) groups excluding carboxylic acids is 1. The summed E-state index contributed by atoms with van der Waals surface area (Å²) in [6.45, 7) is 6.06. The van der Waals surface area contributed by atoms with E-state index in [-0.39, 0.29) is 18.1 Å². The Labute approximate surface area is 174 Å². The molecule has 1 heterocycles. The molecular weight excluding hydrogens is 396 g/mol. The van der Waals surface area contributed by atoms with Gasteiger partial charge in [-0.1, -0.05) is 37.9 Å². The highest BCUT2D eigenvalue weighted by Gasteiger charge is 2.28. The molecule has 158 valence electrons. The summed E-state index contributed by atoms with van der Waals surface area (Å²) in [6.07, 6.45) is 1.21. The number of nitrogens with two attached hydrogens (primary N) is 1. The van der Waals surface area contributed by atoms with E-state index in [0.29, 0.717) is 30.2 Å². The first-order chi connectivity index (χ1) is 13.8. The van der Waals surface area contributed by atoms with Gasteiger partial charge in [-0.3, -0.25) is 19.1 Å². The quantitative estimate of drug-likeness (QED) is 0.645. The molecule has 0 radical (unpaired) electrons. The monoisotopic (exact) mass is 422 g/mol. The largest absolute Gasteiger partial charge is 0.481 e. The lowest BCUT2D eigenvalue weighted by molar-refractivity contribution is -0.124. The highest BCUT2D eigenvalue weighted by atomic mass is 35.5. The molecular formula is C20H27ClN4O4. The van der Waals surface area contributed by atoms with Crippen LogP contribution in [0.2, 0.25) is 5.02 Å². The van der Waals surface area contributed by atoms with E-state index in [2.05, 4.69) is 4.98 Å². The molecule has 3 N–H and O–H groups in total. The van der Waals surface area contributed by atoms with Crippen molar-refractivity contribution < 1.29 is 9.53 Å². The van der Waals surface area contributed by atoms with Crippen molar-refractivity contribution in [1.29, 1.82) is 0 Å². The zero-order valence-corrected chi connectivity index (χ0v) is 17.7. The van der Waals surface area contributed by atoms with Crippen molar-refractivity contribution in [3.63, 3.8) is 0 Å². The summed E-state index contributed by atoms with van der Waals surface area (Å²) in [4.78, 5) is 41.4. The standard InChI is InChI=1S/C20H27ClN4O4/c1-4-6-11-24(16-17(22)25(10-5-2)20(28)23-18(16)26)19(27)13(3)29-15-9-7-8-14(21)12-15/h7-9,12-13H,4-6,10-11,22H2,1-3H3,(H,23,26,28)/t13-/m1/s1. The molecule has 8 nitrogen and oxygen atoms in total. The lowest BCUT2D eigenvalue weighted by atomic mass is 10.2. The molecule has 2 aromatic rings. The maximum Gasteiger partial charge on any atom is 0.330 e. The van der Waals surface area contributed by atoms with Gasteiger partial charge in [-0.15, -0.1) is 0 Å². The second kappa shape index (κ2) is 10.2. The second-order valence-corrected chi connectivity index (χ2v) is 7.14. The average Bonchev–Trinajstić information content (AvgIpc) is 2.67. The molecule has 0 spiro atoms. The normalized spacial score (nSPS) is 11.9. The molecule has 0 aliphatic heterocycles. The van der Waals surface area contributed by atoms with Gasteiger partial charge >= 0.3 is 5.69 Å². The number of H-pyrrole nitrogens is 1. The van der Waals surface area contributed by atoms with Gasteiger partial charge in [0.2, 0.25) is 0 Å². The highest BCUT2D eigenvalue weighted by molar-refractivity contribution is 6.30. The minimum Gasteiger partial charge on any atom is -0.481 e. The molecule has 1 aromatic heterocycles. The van der Waals surface area contributed by atoms with Crippen molar-refractivity contribution in [3.8, 4) is 5.75 Å². The third-order valence-corrected chi connectivity index (χ3v) is 4.62. The predicted octanol–water partition coefficient (Wildman–Crippen LogP) is 2.78. The van der Waals surface area contributed by atoms with E-state index in [0.717, 1.165) is 6.42 Å². The van der Waals surface area contributed by atoms with Crippen molar-refractivity contribution in [2.24, 2.45) is 0 Å². The van der Waals surface area contributed by atoms with Crippen LogP contribution in [-0.4, -0.2) is 28.1 Å². The Balaban J connectivity index is 2.43. The van der Waals surface area contributed by atoms with Crippen LogP contribution >= 0.6 is 11.6 Å². The van der Waals surface area contributed by atoms with E-state index in [9.17, 15) is 14.4 Å². The third-order valence-electron chi connectivity index (χ3n) is 4.39. The predicted molar refractivity (Wildman–Crippen MR) is 115 cm³/mol. The van der Waals surface area contributed by atoms with Crippen LogP contribution < -0.4 is 26.6 Å². The van der Waals surface area contributed by atoms with Crippen molar-refractivity contribution in [3.05, 3.63) is 50.1 Å². The number of anilines is 2. The number of unbranched alkanes of at least 4 members (excludes halogenated alkanes) is 1. The van der Waals surface area contributed by atoms with E-state index in [4.69, 9.17) is 22.1 Å². The number of nitrogens with zero attached hydrogens (tertiary/aromatic N) is 2. The summed E-state index contributed by atoms with van der Waals surface area (Å²) >= 11 is 5.97. The topological polar surface area (TPSA) is 110 Å². The summed E-state index contributed by atoms with van der Waals surface area (Å²) in [5.74, 6) is -0.0241. The van der Waals surface area contributed by atoms with Crippen LogP contribution in [0, 0.1) is 0 Å². The Bertz CT molecular complexity index is 970. The molecule has 0 aliphatic rings. The number of aromatic nitrogens is 2. The Hall–Kier alpha value is -2.74. The molecule has 0 bridgehead atoms. The average molecular weight is 423 g/mol. The van der Waals surface area contributed by atoms with Crippen LogP contribution in [0.4, 0.5) is 11.5 Å². The fourth-order valence-electron chi connectivity index (χ4n) is 2.95. The van der Waals surface area contributed by atoms with Gasteiger partial charge in [0.25, 0.3) is 11.5 Å². The van der Waals surface area contributed by atoms with Crippen LogP contribution in [0.1, 0.15) is 40.0 Å². The first kappa shape index (κ1) is 22.5. The molecule has 1 aromatic carbocycles. The fraction of sp³-hybridized carbons (Fsp3) is 0.450. The van der Waals surface area contributed by atoms with E-state index >= 15 is 0 Å². The molecule has 0 fully saturated rings. The van der Waals surface area contributed by atoms with Crippen LogP contribution in [0.15, 0.2) is 33.9 Å². The van der Waals surface area contributed by atoms with Crippen molar-refractivity contribution in [2.75, 3.05) is 17.2 Å². The second-order valence-electron chi connectivity index (χ2n) is 6.71. The molecule has 0 aliphatic carbocycles. The lowest BCUT2D eigenvalue weighted by Gasteiger charge is -2.27. The number of benzene rings is 1. The molecule has 0 saturated carbocycles. The van der Waals surface area contributed by atoms with Gasteiger partial charge in [-0.25, -0.2) is 4.79 Å². The fourth-order valence-corrected chi connectivity index (χ4v) is 3.13. The highest BCUT2D eigenvalue weighted by Crippen LogP contribution is 2.22. The number of rotatable bonds is 9. The Morgan fingerprint density at radius 2 is 2.03 bits per heavy atom. The lowest BCUT2D eigenvalue weighted by Crippen LogP contribution is -2.46. The zero-order valence-electron chi connectivity index (χ0n) is 16.9. The van der Waals surface area contributed by atoms with Gasteiger partial charge in [-0.2, -0.15) is 0 Å². The van der Waals surface area contributed by atoms with Gasteiger partial charge in [0.05, 0.1) is 0 Å². The first-order valence-corrected chi connectivity index (χ1v) is 10.0. The Morgan fingerprint density at radius 1 is 1.31 bits per heavy atom. The van der Waals surface area contributed by atoms with Crippen LogP contribution in [0.5, 0.6) is 5.75 Å². The number of hydrogen-bond donors (Lipinski definition) is 2. The maximum absolute atomic E-state index is 13.2. The summed E-state index contributed by atoms with van der Waals surface area (Å²) in [7, 11) is 0. The number of nitrogens with one attached hydrogen (secondary N) is 1. The van der Waals surface area contributed by atoms with E-state index in [1.807, 2.05) is 13.8 Å². The van der Waals surface area contributed by atoms with Crippen molar-refractivity contribution in [2.45, 2.75) is 52.7 Å². The summed E-state index contributed by atoms with van der Waals surface area (Å²) in [5.41, 5.74) is 4.83. The molecule has 9 heteroatoms. The van der Waals surface area contributed by atoms with Gasteiger partial charge < -0.3 is 15.4 Å². The summed E-state index contributed by atoms with van der Waals surface area (Å²) in [6, 6.07) is 6.71. The number of aromatic amines is 1. The van der Waals surface area contributed by atoms with Crippen molar-refractivity contribution >= 4 is 29.0 Å². The molecule has 0 saturated heterocycles. The molecule has 2 rings (SSSR count). The molecule has 29 heavy (non-hydrogen) atoms. The van der Waals surface area contributed by atoms with E-state index in [1.165, 1.54) is 9.47 Å². The SMILES string of the molecule is CCCCN(C(=O)[C@@H](C)Oc1cccc(Cl)c1)c1c(N)n(CCC)c(=O)[nH]c1=O. The molecule has 1 amide bonds. The summed E-state index contributed by atoms with van der Waals surface area (Å²) < 4.78 is 6.99. The number of carbonyl (C=O) groups is 1. The smallest absolute Gasteiger partial charge is 0.330 e. The number of halogens is 1. The van der Waals surface area contributed by atoms with Gasteiger partial charge in [-0.05, 0) is 38.0 Å². The van der Waals surface area contributed by atoms with Crippen LogP contribution in [-0.2, 0) is 11.3 Å². The molecule has 1 atom stereocenters. The van der Waals surface area contributed by atoms with Crippen molar-refractivity contribution in [1.82, 2.24) is 9.55 Å². The number of hydrogen-bond acceptors (Lipinski definition) is 5. The molecule has 0 unspecified atom stereocenters.